The van der Waals surface area contributed by atoms with Gasteiger partial charge in [0.15, 0.2) is 10.6 Å². The summed E-state index contributed by atoms with van der Waals surface area (Å²) in [6.45, 7) is 0.470. The van der Waals surface area contributed by atoms with E-state index < -0.39 is 0 Å². The maximum absolute atomic E-state index is 11.0. The summed E-state index contributed by atoms with van der Waals surface area (Å²) in [6.07, 6.45) is 1.90. The average Bonchev–Trinajstić information content (AvgIpc) is 3.30. The molecular weight excluding hydrogens is 386 g/mol. The minimum absolute atomic E-state index is 0.0775. The molecule has 7 nitrogen and oxygen atoms in total. The van der Waals surface area contributed by atoms with Gasteiger partial charge >= 0.3 is 0 Å². The predicted molar refractivity (Wildman–Crippen MR) is 114 cm³/mol. The van der Waals surface area contributed by atoms with E-state index in [2.05, 4.69) is 28.4 Å². The van der Waals surface area contributed by atoms with Crippen LogP contribution in [0.25, 0.3) is 27.4 Å². The Bertz CT molecular complexity index is 1440. The van der Waals surface area contributed by atoms with E-state index in [9.17, 15) is 10.1 Å². The summed E-state index contributed by atoms with van der Waals surface area (Å²) in [5.74, 6) is 0.752. The third-order valence-electron chi connectivity index (χ3n) is 5.03. The molecule has 8 heteroatoms. The Kier molecular flexibility index (Phi) is 3.99. The zero-order valence-corrected chi connectivity index (χ0v) is 16.0. The van der Waals surface area contributed by atoms with Crippen LogP contribution in [0.4, 0.5) is 5.69 Å². The number of H-pyrrole nitrogens is 1. The Morgan fingerprint density at radius 1 is 1.03 bits per heavy atom. The third-order valence-corrected chi connectivity index (χ3v) is 5.30. The van der Waals surface area contributed by atoms with E-state index in [1.807, 2.05) is 45.7 Å². The lowest BCUT2D eigenvalue weighted by molar-refractivity contribution is -0.384. The molecule has 0 fully saturated rings. The summed E-state index contributed by atoms with van der Waals surface area (Å²) < 4.78 is 4.46. The Hall–Kier alpha value is -3.78. The molecule has 0 aliphatic heterocycles. The van der Waals surface area contributed by atoms with E-state index in [1.54, 1.807) is 12.1 Å². The molecule has 0 bridgehead atoms. The lowest BCUT2D eigenvalue weighted by Gasteiger charge is -2.11. The summed E-state index contributed by atoms with van der Waals surface area (Å²) in [6, 6.07) is 20.9. The van der Waals surface area contributed by atoms with Gasteiger partial charge in [0, 0.05) is 34.6 Å². The molecule has 0 amide bonds. The molecule has 2 aromatic heterocycles. The molecule has 0 unspecified atom stereocenters. The molecule has 0 radical (unpaired) electrons. The van der Waals surface area contributed by atoms with Crippen LogP contribution in [-0.4, -0.2) is 24.3 Å². The van der Waals surface area contributed by atoms with E-state index in [0.29, 0.717) is 11.3 Å². The largest absolute Gasteiger partial charge is 0.340 e. The summed E-state index contributed by atoms with van der Waals surface area (Å²) in [5.41, 5.74) is 1.94. The van der Waals surface area contributed by atoms with Crippen LogP contribution in [0.1, 0.15) is 5.82 Å². The normalized spacial score (nSPS) is 11.3. The highest BCUT2D eigenvalue weighted by Gasteiger charge is 2.14. The van der Waals surface area contributed by atoms with Gasteiger partial charge in [-0.15, -0.1) is 0 Å². The van der Waals surface area contributed by atoms with Crippen molar-refractivity contribution in [2.45, 2.75) is 6.54 Å². The molecule has 142 valence electrons. The van der Waals surface area contributed by atoms with Crippen molar-refractivity contribution in [1.29, 1.82) is 0 Å². The minimum atomic E-state index is -0.386. The number of nitro groups is 1. The zero-order chi connectivity index (χ0) is 20.0. The molecule has 0 atom stereocenters. The quantitative estimate of drug-likeness (QED) is 0.261. The van der Waals surface area contributed by atoms with Gasteiger partial charge in [-0.1, -0.05) is 36.4 Å². The number of rotatable bonds is 4. The number of fused-ring (bicyclic) bond motifs is 2. The highest BCUT2D eigenvalue weighted by atomic mass is 32.1. The van der Waals surface area contributed by atoms with Gasteiger partial charge in [0.25, 0.3) is 5.69 Å². The fourth-order valence-electron chi connectivity index (χ4n) is 3.68. The van der Waals surface area contributed by atoms with Crippen molar-refractivity contribution in [1.82, 2.24) is 19.3 Å². The predicted octanol–water partition coefficient (Wildman–Crippen LogP) is 4.99. The molecule has 0 spiro atoms. The second-order valence-corrected chi connectivity index (χ2v) is 7.11. The molecule has 0 aliphatic carbocycles. The van der Waals surface area contributed by atoms with Crippen LogP contribution in [0.5, 0.6) is 0 Å². The van der Waals surface area contributed by atoms with Gasteiger partial charge in [-0.25, -0.2) is 0 Å². The van der Waals surface area contributed by atoms with Crippen molar-refractivity contribution in [3.8, 4) is 5.69 Å². The molecule has 29 heavy (non-hydrogen) atoms. The van der Waals surface area contributed by atoms with Crippen LogP contribution >= 0.6 is 12.2 Å². The van der Waals surface area contributed by atoms with Crippen LogP contribution in [0.15, 0.2) is 72.9 Å². The summed E-state index contributed by atoms with van der Waals surface area (Å²) in [5, 5.41) is 21.4. The first-order valence-electron chi connectivity index (χ1n) is 8.99. The first-order chi connectivity index (χ1) is 14.1. The lowest BCUT2D eigenvalue weighted by atomic mass is 10.1. The number of hydrogen-bond donors (Lipinski definition) is 1. The number of nitro benzene ring substituents is 1. The Labute approximate surface area is 170 Å². The van der Waals surface area contributed by atoms with Crippen molar-refractivity contribution in [2.75, 3.05) is 0 Å². The number of benzene rings is 3. The van der Waals surface area contributed by atoms with E-state index in [0.717, 1.165) is 33.2 Å². The first kappa shape index (κ1) is 17.3. The number of aromatic amines is 1. The lowest BCUT2D eigenvalue weighted by Crippen LogP contribution is -2.07. The Morgan fingerprint density at radius 3 is 2.72 bits per heavy atom. The number of nitrogens with one attached hydrogen (secondary N) is 1. The van der Waals surface area contributed by atoms with E-state index in [1.165, 1.54) is 6.07 Å². The van der Waals surface area contributed by atoms with Gasteiger partial charge in [0.05, 0.1) is 17.2 Å². The van der Waals surface area contributed by atoms with Gasteiger partial charge in [0.1, 0.15) is 0 Å². The summed E-state index contributed by atoms with van der Waals surface area (Å²) in [4.78, 5) is 10.6. The minimum Gasteiger partial charge on any atom is -0.340 e. The highest BCUT2D eigenvalue weighted by molar-refractivity contribution is 7.71. The monoisotopic (exact) mass is 401 g/mol. The van der Waals surface area contributed by atoms with Crippen molar-refractivity contribution >= 4 is 39.6 Å². The molecular formula is C21H15N5O2S. The number of aromatic nitrogens is 4. The average molecular weight is 401 g/mol. The van der Waals surface area contributed by atoms with Crippen LogP contribution < -0.4 is 0 Å². The molecule has 1 N–H and O–H groups in total. The third kappa shape index (κ3) is 2.90. The van der Waals surface area contributed by atoms with Crippen molar-refractivity contribution < 1.29 is 4.92 Å². The fraction of sp³-hybridized carbons (Fsp3) is 0.0476. The number of non-ortho nitro benzene ring substituents is 1. The number of nitrogens with zero attached hydrogens (tertiary/aromatic N) is 4. The van der Waals surface area contributed by atoms with Gasteiger partial charge < -0.3 is 4.57 Å². The van der Waals surface area contributed by atoms with Crippen molar-refractivity contribution in [3.05, 3.63) is 93.6 Å². The maximum atomic E-state index is 11.0. The van der Waals surface area contributed by atoms with Crippen LogP contribution in [0.2, 0.25) is 0 Å². The molecule has 0 aliphatic rings. The first-order valence-corrected chi connectivity index (χ1v) is 9.40. The van der Waals surface area contributed by atoms with Crippen molar-refractivity contribution in [2.24, 2.45) is 0 Å². The molecule has 0 saturated heterocycles. The SMILES string of the molecule is O=[N+]([O-])c1ccc2c(ccn2Cc2n[nH]c(=S)n2-c2cccc3ccccc23)c1. The second-order valence-electron chi connectivity index (χ2n) is 6.72. The standard InChI is InChI=1S/C21H15N5O2S/c27-26(28)16-8-9-18-15(12-16)10-11-24(18)13-20-22-23-21(29)25(20)19-7-3-5-14-4-1-2-6-17(14)19/h1-12H,13H2,(H,23,29). The zero-order valence-electron chi connectivity index (χ0n) is 15.1. The topological polar surface area (TPSA) is 81.7 Å². The fourth-order valence-corrected chi connectivity index (χ4v) is 3.93. The molecule has 0 saturated carbocycles. The van der Waals surface area contributed by atoms with Crippen LogP contribution in [0, 0.1) is 14.9 Å². The molecule has 5 aromatic rings. The Balaban J connectivity index is 1.62. The van der Waals surface area contributed by atoms with Gasteiger partial charge in [0.2, 0.25) is 0 Å². The Morgan fingerprint density at radius 2 is 1.86 bits per heavy atom. The molecule has 2 heterocycles. The highest BCUT2D eigenvalue weighted by Crippen LogP contribution is 2.25. The smallest absolute Gasteiger partial charge is 0.270 e. The molecule has 5 rings (SSSR count). The van der Waals surface area contributed by atoms with Crippen LogP contribution in [-0.2, 0) is 6.54 Å². The summed E-state index contributed by atoms with van der Waals surface area (Å²) >= 11 is 5.52. The number of hydrogen-bond acceptors (Lipinski definition) is 4. The van der Waals surface area contributed by atoms with Crippen LogP contribution in [0.3, 0.4) is 0 Å². The van der Waals surface area contributed by atoms with Gasteiger partial charge in [-0.3, -0.25) is 19.8 Å². The van der Waals surface area contributed by atoms with Gasteiger partial charge in [-0.05, 0) is 35.8 Å². The van der Waals surface area contributed by atoms with E-state index in [4.69, 9.17) is 12.2 Å². The maximum Gasteiger partial charge on any atom is 0.270 e. The summed E-state index contributed by atoms with van der Waals surface area (Å²) in [7, 11) is 0. The van der Waals surface area contributed by atoms with E-state index >= 15 is 0 Å². The van der Waals surface area contributed by atoms with Crippen molar-refractivity contribution in [3.63, 3.8) is 0 Å². The molecule has 3 aromatic carbocycles. The second kappa shape index (κ2) is 6.68. The van der Waals surface area contributed by atoms with E-state index in [-0.39, 0.29) is 10.6 Å². The van der Waals surface area contributed by atoms with Gasteiger partial charge in [-0.2, -0.15) is 5.10 Å².